The number of furan rings is 1. The number of esters is 1. The number of hydrogen-bond donors (Lipinski definition) is 2. The fraction of sp³-hybridized carbons (Fsp3) is 0.143. The number of hydrogen-bond acceptors (Lipinski definition) is 9. The first-order valence-electron chi connectivity index (χ1n) is 9.08. The number of methoxy groups -OCH3 is 2. The Balaban J connectivity index is 1.75. The number of amides is 3. The lowest BCUT2D eigenvalue weighted by molar-refractivity contribution is -0.123. The maximum Gasteiger partial charge on any atom is 0.340 e. The van der Waals surface area contributed by atoms with E-state index in [9.17, 15) is 19.2 Å². The molecule has 0 unspecified atom stereocenters. The van der Waals surface area contributed by atoms with E-state index >= 15 is 0 Å². The average Bonchev–Trinajstić information content (AvgIpc) is 3.51. The molecule has 11 heteroatoms. The van der Waals surface area contributed by atoms with Crippen LogP contribution in [0.25, 0.3) is 0 Å². The number of rotatable bonds is 8. The van der Waals surface area contributed by atoms with Crippen LogP contribution >= 0.6 is 11.3 Å². The van der Waals surface area contributed by atoms with E-state index in [0.717, 1.165) is 0 Å². The Bertz CT molecular complexity index is 1120. The van der Waals surface area contributed by atoms with E-state index in [2.05, 4.69) is 5.32 Å². The smallest absolute Gasteiger partial charge is 0.340 e. The maximum absolute atomic E-state index is 12.7. The number of benzene rings is 1. The number of nitrogens with one attached hydrogen (secondary N) is 2. The quantitative estimate of drug-likeness (QED) is 0.492. The van der Waals surface area contributed by atoms with Gasteiger partial charge in [-0.3, -0.25) is 19.7 Å². The summed E-state index contributed by atoms with van der Waals surface area (Å²) in [6.45, 7) is -0.738. The van der Waals surface area contributed by atoms with E-state index in [1.165, 1.54) is 56.1 Å². The Hall–Kier alpha value is -4.12. The van der Waals surface area contributed by atoms with Crippen molar-refractivity contribution < 1.29 is 37.8 Å². The maximum atomic E-state index is 12.7. The number of thiophene rings is 1. The fourth-order valence-corrected chi connectivity index (χ4v) is 3.20. The highest BCUT2D eigenvalue weighted by Crippen LogP contribution is 2.34. The van der Waals surface area contributed by atoms with E-state index in [1.54, 1.807) is 17.5 Å². The molecule has 0 fully saturated rings. The normalized spacial score (nSPS) is 10.2. The second kappa shape index (κ2) is 10.3. The molecule has 0 aliphatic rings. The predicted molar refractivity (Wildman–Crippen MR) is 113 cm³/mol. The van der Waals surface area contributed by atoms with Crippen molar-refractivity contribution in [2.24, 2.45) is 0 Å². The molecule has 0 spiro atoms. The van der Waals surface area contributed by atoms with Gasteiger partial charge in [0, 0.05) is 12.1 Å². The molecular weight excluding hydrogens is 440 g/mol. The van der Waals surface area contributed by atoms with E-state index in [-0.39, 0.29) is 28.5 Å². The van der Waals surface area contributed by atoms with Gasteiger partial charge in [-0.25, -0.2) is 4.79 Å². The summed E-state index contributed by atoms with van der Waals surface area (Å²) in [6.07, 6.45) is 1.28. The zero-order valence-corrected chi connectivity index (χ0v) is 17.8. The molecule has 3 amide bonds. The minimum atomic E-state index is -0.923. The molecule has 2 heterocycles. The second-order valence-corrected chi connectivity index (χ2v) is 7.06. The van der Waals surface area contributed by atoms with Gasteiger partial charge >= 0.3 is 5.97 Å². The molecule has 10 nitrogen and oxygen atoms in total. The monoisotopic (exact) mass is 458 g/mol. The summed E-state index contributed by atoms with van der Waals surface area (Å²) in [5, 5.41) is 6.40. The van der Waals surface area contributed by atoms with Crippen LogP contribution < -0.4 is 20.1 Å². The molecule has 3 rings (SSSR count). The molecule has 0 saturated carbocycles. The van der Waals surface area contributed by atoms with Crippen LogP contribution in [0.4, 0.5) is 5.69 Å². The molecule has 0 radical (unpaired) electrons. The fourth-order valence-electron chi connectivity index (χ4n) is 2.58. The number of ether oxygens (including phenoxy) is 3. The minimum Gasteiger partial charge on any atom is -0.493 e. The highest BCUT2D eigenvalue weighted by molar-refractivity contribution is 7.12. The third-order valence-electron chi connectivity index (χ3n) is 4.07. The Morgan fingerprint density at radius 2 is 1.75 bits per heavy atom. The van der Waals surface area contributed by atoms with Crippen LogP contribution in [0.2, 0.25) is 0 Å². The summed E-state index contributed by atoms with van der Waals surface area (Å²) in [7, 11) is 2.78. The van der Waals surface area contributed by atoms with Gasteiger partial charge < -0.3 is 23.9 Å². The number of anilines is 1. The minimum absolute atomic E-state index is 0.0665. The zero-order chi connectivity index (χ0) is 23.1. The van der Waals surface area contributed by atoms with Crippen molar-refractivity contribution in [2.45, 2.75) is 0 Å². The lowest BCUT2D eigenvalue weighted by Crippen LogP contribution is -2.34. The Kier molecular flexibility index (Phi) is 7.24. The van der Waals surface area contributed by atoms with Crippen LogP contribution in [0.3, 0.4) is 0 Å². The highest BCUT2D eigenvalue weighted by atomic mass is 32.1. The van der Waals surface area contributed by atoms with Crippen LogP contribution in [0.1, 0.15) is 30.6 Å². The van der Waals surface area contributed by atoms with Crippen molar-refractivity contribution in [3.05, 3.63) is 64.2 Å². The molecule has 1 aromatic carbocycles. The Morgan fingerprint density at radius 1 is 1.00 bits per heavy atom. The van der Waals surface area contributed by atoms with Crippen molar-refractivity contribution >= 4 is 40.7 Å². The standard InChI is InChI=1S/C21H18N2O8S/c1-28-15-9-12(13(10-16(15)29-2)22-20(26)17-6-4-8-32-17)21(27)31-11-18(24)23-19(25)14-5-3-7-30-14/h3-10H,11H2,1-2H3,(H,22,26)(H,23,24,25). The molecule has 0 aliphatic heterocycles. The van der Waals surface area contributed by atoms with Gasteiger partial charge in [-0.1, -0.05) is 6.07 Å². The Labute approximate surface area is 186 Å². The summed E-state index contributed by atoms with van der Waals surface area (Å²) in [4.78, 5) is 49.4. The molecule has 0 bridgehead atoms. The van der Waals surface area contributed by atoms with Crippen LogP contribution in [-0.4, -0.2) is 44.5 Å². The van der Waals surface area contributed by atoms with Crippen molar-refractivity contribution in [3.63, 3.8) is 0 Å². The first kappa shape index (κ1) is 22.6. The van der Waals surface area contributed by atoms with Gasteiger partial charge in [0.25, 0.3) is 17.7 Å². The van der Waals surface area contributed by atoms with E-state index in [1.807, 2.05) is 5.32 Å². The van der Waals surface area contributed by atoms with Crippen molar-refractivity contribution in [2.75, 3.05) is 26.1 Å². The summed E-state index contributed by atoms with van der Waals surface area (Å²) in [5.41, 5.74) is 0.0239. The molecule has 2 N–H and O–H groups in total. The first-order chi connectivity index (χ1) is 15.4. The highest BCUT2D eigenvalue weighted by Gasteiger charge is 2.22. The summed E-state index contributed by atoms with van der Waals surface area (Å²) >= 11 is 1.22. The summed E-state index contributed by atoms with van der Waals surface area (Å²) in [5.74, 6) is -2.58. The van der Waals surface area contributed by atoms with Gasteiger partial charge in [-0.05, 0) is 23.6 Å². The Morgan fingerprint density at radius 3 is 2.38 bits per heavy atom. The molecule has 0 aliphatic carbocycles. The van der Waals surface area contributed by atoms with Crippen molar-refractivity contribution in [3.8, 4) is 11.5 Å². The second-order valence-electron chi connectivity index (χ2n) is 6.11. The van der Waals surface area contributed by atoms with Crippen LogP contribution in [0.15, 0.2) is 52.5 Å². The summed E-state index contributed by atoms with van der Waals surface area (Å²) in [6, 6.07) is 8.92. The molecular formula is C21H18N2O8S. The number of carbonyl (C=O) groups excluding carboxylic acids is 4. The molecule has 166 valence electrons. The van der Waals surface area contributed by atoms with Gasteiger partial charge in [0.15, 0.2) is 23.9 Å². The van der Waals surface area contributed by atoms with E-state index in [4.69, 9.17) is 18.6 Å². The lowest BCUT2D eigenvalue weighted by Gasteiger charge is -2.15. The van der Waals surface area contributed by atoms with Gasteiger partial charge in [0.2, 0.25) is 0 Å². The van der Waals surface area contributed by atoms with E-state index < -0.39 is 30.3 Å². The van der Waals surface area contributed by atoms with Crippen LogP contribution in [0.5, 0.6) is 11.5 Å². The number of imide groups is 1. The predicted octanol–water partition coefficient (Wildman–Crippen LogP) is 2.72. The zero-order valence-electron chi connectivity index (χ0n) is 17.0. The third kappa shape index (κ3) is 5.32. The molecule has 0 saturated heterocycles. The first-order valence-corrected chi connectivity index (χ1v) is 9.96. The molecule has 3 aromatic rings. The molecule has 0 atom stereocenters. The molecule has 32 heavy (non-hydrogen) atoms. The van der Waals surface area contributed by atoms with E-state index in [0.29, 0.717) is 4.88 Å². The SMILES string of the molecule is COc1cc(NC(=O)c2cccs2)c(C(=O)OCC(=O)NC(=O)c2ccco2)cc1OC. The molecule has 2 aromatic heterocycles. The van der Waals surface area contributed by atoms with Gasteiger partial charge in [0.05, 0.1) is 36.6 Å². The third-order valence-corrected chi connectivity index (χ3v) is 4.94. The largest absolute Gasteiger partial charge is 0.493 e. The van der Waals surface area contributed by atoms with Crippen molar-refractivity contribution in [1.29, 1.82) is 0 Å². The van der Waals surface area contributed by atoms with Gasteiger partial charge in [-0.2, -0.15) is 0 Å². The average molecular weight is 458 g/mol. The van der Waals surface area contributed by atoms with Gasteiger partial charge in [-0.15, -0.1) is 11.3 Å². The van der Waals surface area contributed by atoms with Crippen LogP contribution in [0, 0.1) is 0 Å². The van der Waals surface area contributed by atoms with Gasteiger partial charge in [0.1, 0.15) is 0 Å². The van der Waals surface area contributed by atoms with Crippen LogP contribution in [-0.2, 0) is 9.53 Å². The van der Waals surface area contributed by atoms with Crippen molar-refractivity contribution in [1.82, 2.24) is 5.32 Å². The number of carbonyl (C=O) groups is 4. The summed E-state index contributed by atoms with van der Waals surface area (Å²) < 4.78 is 20.3. The lowest BCUT2D eigenvalue weighted by atomic mass is 10.1. The topological polar surface area (TPSA) is 133 Å².